The smallest absolute Gasteiger partial charge is 0.216 e. The minimum Gasteiger partial charge on any atom is -0.250 e. The quantitative estimate of drug-likeness (QED) is 0.668. The molecule has 2 rings (SSSR count). The molecule has 0 aliphatic carbocycles. The highest BCUT2D eigenvalue weighted by Crippen LogP contribution is 2.03. The third kappa shape index (κ3) is 2.68. The predicted octanol–water partition coefficient (Wildman–Crippen LogP) is 2.69. The van der Waals surface area contributed by atoms with Crippen molar-refractivity contribution in [2.75, 3.05) is 0 Å². The van der Waals surface area contributed by atoms with Crippen LogP contribution in [0.2, 0.25) is 0 Å². The van der Waals surface area contributed by atoms with E-state index in [9.17, 15) is 0 Å². The molecule has 4 nitrogen and oxygen atoms in total. The lowest BCUT2D eigenvalue weighted by molar-refractivity contribution is 0.821. The Kier molecular flexibility index (Phi) is 3.49. The fourth-order valence-electron chi connectivity index (χ4n) is 1.47. The number of H-pyrrole nitrogens is 1. The molecule has 0 radical (unpaired) electrons. The summed E-state index contributed by atoms with van der Waals surface area (Å²) in [5.41, 5.74) is 2.36. The largest absolute Gasteiger partial charge is 0.250 e. The molecular weight excluding hydrogens is 232 g/mol. The van der Waals surface area contributed by atoms with Gasteiger partial charge >= 0.3 is 0 Å². The van der Waals surface area contributed by atoms with Crippen molar-refractivity contribution in [2.24, 2.45) is 5.10 Å². The fourth-order valence-corrected chi connectivity index (χ4v) is 1.70. The third-order valence-corrected chi connectivity index (χ3v) is 2.79. The van der Waals surface area contributed by atoms with Gasteiger partial charge in [-0.3, -0.25) is 5.10 Å². The van der Waals surface area contributed by atoms with Gasteiger partial charge < -0.3 is 0 Å². The SMILES string of the molecule is CCc1ccc(/C=N\n2c(C)n[nH]c2=S)cc1. The Bertz CT molecular complexity index is 577. The van der Waals surface area contributed by atoms with Gasteiger partial charge in [-0.05, 0) is 36.7 Å². The van der Waals surface area contributed by atoms with Crippen LogP contribution in [0.1, 0.15) is 23.9 Å². The van der Waals surface area contributed by atoms with Gasteiger partial charge in [0.1, 0.15) is 5.82 Å². The number of aryl methyl sites for hydroxylation is 2. The predicted molar refractivity (Wildman–Crippen MR) is 71.0 cm³/mol. The molecule has 0 bridgehead atoms. The lowest BCUT2D eigenvalue weighted by Gasteiger charge is -1.97. The van der Waals surface area contributed by atoms with E-state index in [2.05, 4.69) is 34.4 Å². The van der Waals surface area contributed by atoms with Gasteiger partial charge in [-0.15, -0.1) is 0 Å². The average molecular weight is 246 g/mol. The van der Waals surface area contributed by atoms with E-state index in [0.29, 0.717) is 4.77 Å². The van der Waals surface area contributed by atoms with Gasteiger partial charge in [0.15, 0.2) is 0 Å². The Morgan fingerprint density at radius 2 is 2.12 bits per heavy atom. The van der Waals surface area contributed by atoms with Gasteiger partial charge in [-0.1, -0.05) is 31.2 Å². The number of hydrogen-bond donors (Lipinski definition) is 1. The van der Waals surface area contributed by atoms with Gasteiger partial charge in [0, 0.05) is 0 Å². The van der Waals surface area contributed by atoms with E-state index in [1.165, 1.54) is 5.56 Å². The summed E-state index contributed by atoms with van der Waals surface area (Å²) in [6.45, 7) is 3.99. The molecule has 17 heavy (non-hydrogen) atoms. The molecule has 5 heteroatoms. The monoisotopic (exact) mass is 246 g/mol. The van der Waals surface area contributed by atoms with Crippen LogP contribution in [0.5, 0.6) is 0 Å². The molecule has 0 amide bonds. The summed E-state index contributed by atoms with van der Waals surface area (Å²) in [5, 5.41) is 11.0. The van der Waals surface area contributed by atoms with E-state index in [1.54, 1.807) is 10.9 Å². The van der Waals surface area contributed by atoms with Crippen molar-refractivity contribution in [3.63, 3.8) is 0 Å². The van der Waals surface area contributed by atoms with Crippen molar-refractivity contribution in [3.8, 4) is 0 Å². The number of aromatic amines is 1. The van der Waals surface area contributed by atoms with Crippen molar-refractivity contribution in [1.29, 1.82) is 0 Å². The Hall–Kier alpha value is -1.75. The van der Waals surface area contributed by atoms with E-state index in [1.807, 2.05) is 19.1 Å². The van der Waals surface area contributed by atoms with E-state index in [4.69, 9.17) is 12.2 Å². The van der Waals surface area contributed by atoms with Crippen LogP contribution >= 0.6 is 12.2 Å². The number of hydrogen-bond acceptors (Lipinski definition) is 3. The van der Waals surface area contributed by atoms with Gasteiger partial charge in [-0.25, -0.2) is 0 Å². The summed E-state index contributed by atoms with van der Waals surface area (Å²) >= 11 is 5.06. The molecule has 2 aromatic rings. The molecule has 0 unspecified atom stereocenters. The minimum atomic E-state index is 0.504. The van der Waals surface area contributed by atoms with Crippen molar-refractivity contribution in [3.05, 3.63) is 46.0 Å². The maximum atomic E-state index is 5.06. The highest BCUT2D eigenvalue weighted by atomic mass is 32.1. The lowest BCUT2D eigenvalue weighted by atomic mass is 10.1. The van der Waals surface area contributed by atoms with E-state index < -0.39 is 0 Å². The lowest BCUT2D eigenvalue weighted by Crippen LogP contribution is -1.93. The third-order valence-electron chi connectivity index (χ3n) is 2.52. The van der Waals surface area contributed by atoms with E-state index in [-0.39, 0.29) is 0 Å². The highest BCUT2D eigenvalue weighted by Gasteiger charge is 1.97. The summed E-state index contributed by atoms with van der Waals surface area (Å²) in [4.78, 5) is 0. The summed E-state index contributed by atoms with van der Waals surface area (Å²) in [6.07, 6.45) is 2.82. The molecule has 0 atom stereocenters. The van der Waals surface area contributed by atoms with Gasteiger partial charge in [0.25, 0.3) is 0 Å². The molecule has 1 heterocycles. The Labute approximate surface area is 105 Å². The molecule has 0 spiro atoms. The van der Waals surface area contributed by atoms with Gasteiger partial charge in [0.05, 0.1) is 6.21 Å². The van der Waals surface area contributed by atoms with Crippen molar-refractivity contribution in [2.45, 2.75) is 20.3 Å². The molecule has 0 fully saturated rings. The first-order chi connectivity index (χ1) is 8.20. The molecule has 0 aliphatic rings. The highest BCUT2D eigenvalue weighted by molar-refractivity contribution is 7.71. The molecule has 1 aromatic heterocycles. The van der Waals surface area contributed by atoms with Gasteiger partial charge in [0.2, 0.25) is 4.77 Å². The van der Waals surface area contributed by atoms with Crippen LogP contribution in [0, 0.1) is 11.7 Å². The first kappa shape index (κ1) is 11.7. The van der Waals surface area contributed by atoms with Crippen molar-refractivity contribution in [1.82, 2.24) is 14.9 Å². The van der Waals surface area contributed by atoms with Gasteiger partial charge in [-0.2, -0.15) is 14.9 Å². The summed E-state index contributed by atoms with van der Waals surface area (Å²) in [5.74, 6) is 0.747. The number of nitrogens with zero attached hydrogens (tertiary/aromatic N) is 3. The molecule has 0 saturated heterocycles. The van der Waals surface area contributed by atoms with Crippen LogP contribution in [0.25, 0.3) is 0 Å². The topological polar surface area (TPSA) is 46.0 Å². The van der Waals surface area contributed by atoms with Crippen molar-refractivity contribution >= 4 is 18.4 Å². The standard InChI is InChI=1S/C12H14N4S/c1-3-10-4-6-11(7-5-10)8-13-16-9(2)14-15-12(16)17/h4-8H,3H2,1-2H3,(H,15,17)/b13-8-. The normalized spacial score (nSPS) is 11.2. The Morgan fingerprint density at radius 1 is 1.41 bits per heavy atom. The zero-order valence-corrected chi connectivity index (χ0v) is 10.7. The number of rotatable bonds is 3. The number of benzene rings is 1. The molecule has 1 aromatic carbocycles. The molecule has 0 aliphatic heterocycles. The van der Waals surface area contributed by atoms with Crippen LogP contribution in [-0.4, -0.2) is 21.1 Å². The maximum Gasteiger partial charge on any atom is 0.216 e. The molecular formula is C12H14N4S. The zero-order valence-electron chi connectivity index (χ0n) is 9.84. The second-order valence-electron chi connectivity index (χ2n) is 3.73. The first-order valence-electron chi connectivity index (χ1n) is 5.48. The molecule has 1 N–H and O–H groups in total. The summed E-state index contributed by atoms with van der Waals surface area (Å²) in [7, 11) is 0. The Balaban J connectivity index is 2.23. The van der Waals surface area contributed by atoms with Crippen LogP contribution in [0.4, 0.5) is 0 Å². The van der Waals surface area contributed by atoms with Crippen LogP contribution in [0.15, 0.2) is 29.4 Å². The van der Waals surface area contributed by atoms with Crippen LogP contribution in [0.3, 0.4) is 0 Å². The number of aromatic nitrogens is 3. The second kappa shape index (κ2) is 5.05. The number of nitrogens with one attached hydrogen (secondary N) is 1. The fraction of sp³-hybridized carbons (Fsp3) is 0.250. The van der Waals surface area contributed by atoms with E-state index in [0.717, 1.165) is 17.8 Å². The van der Waals surface area contributed by atoms with Crippen LogP contribution < -0.4 is 0 Å². The summed E-state index contributed by atoms with van der Waals surface area (Å²) in [6, 6.07) is 8.29. The molecule has 88 valence electrons. The van der Waals surface area contributed by atoms with Crippen molar-refractivity contribution < 1.29 is 0 Å². The second-order valence-corrected chi connectivity index (χ2v) is 4.11. The average Bonchev–Trinajstić information content (AvgIpc) is 2.67. The minimum absolute atomic E-state index is 0.504. The van der Waals surface area contributed by atoms with E-state index >= 15 is 0 Å². The first-order valence-corrected chi connectivity index (χ1v) is 5.89. The van der Waals surface area contributed by atoms with Crippen LogP contribution in [-0.2, 0) is 6.42 Å². The Morgan fingerprint density at radius 3 is 2.65 bits per heavy atom. The molecule has 0 saturated carbocycles. The zero-order chi connectivity index (χ0) is 12.3. The maximum absolute atomic E-state index is 5.06. The summed E-state index contributed by atoms with van der Waals surface area (Å²) < 4.78 is 2.10.